The third kappa shape index (κ3) is 4.36. The number of benzene rings is 1. The minimum absolute atomic E-state index is 0.290. The summed E-state index contributed by atoms with van der Waals surface area (Å²) in [5.41, 5.74) is 0.762. The van der Waals surface area contributed by atoms with Crippen molar-refractivity contribution in [2.24, 2.45) is 0 Å². The van der Waals surface area contributed by atoms with Crippen LogP contribution in [0.25, 0.3) is 0 Å². The fourth-order valence-electron chi connectivity index (χ4n) is 2.95. The fraction of sp³-hybridized carbons (Fsp3) is 0.500. The van der Waals surface area contributed by atoms with Crippen molar-refractivity contribution in [1.82, 2.24) is 4.90 Å². The van der Waals surface area contributed by atoms with E-state index in [0.29, 0.717) is 55.2 Å². The standard InChI is InChI=1S/C16H19Br4NO4Si/c1-4-24-26(3,25-5-2)8-6-7-21-15(22)9-10(16(21)23)12(18)14(20)13(19)11(9)17/h4-8H2,1-3H3. The van der Waals surface area contributed by atoms with Crippen molar-refractivity contribution in [2.45, 2.75) is 32.9 Å². The van der Waals surface area contributed by atoms with Crippen molar-refractivity contribution in [2.75, 3.05) is 19.8 Å². The van der Waals surface area contributed by atoms with E-state index < -0.39 is 8.56 Å². The summed E-state index contributed by atoms with van der Waals surface area (Å²) in [5.74, 6) is -0.580. The van der Waals surface area contributed by atoms with E-state index in [2.05, 4.69) is 63.7 Å². The van der Waals surface area contributed by atoms with Crippen LogP contribution >= 0.6 is 63.7 Å². The van der Waals surface area contributed by atoms with Gasteiger partial charge in [-0.2, -0.15) is 0 Å². The van der Waals surface area contributed by atoms with Gasteiger partial charge in [-0.3, -0.25) is 14.5 Å². The monoisotopic (exact) mass is 633 g/mol. The topological polar surface area (TPSA) is 55.8 Å². The minimum atomic E-state index is -2.27. The molecule has 0 fully saturated rings. The molecule has 1 aliphatic heterocycles. The summed E-state index contributed by atoms with van der Waals surface area (Å²) in [5, 5.41) is 0. The van der Waals surface area contributed by atoms with E-state index in [1.165, 1.54) is 4.90 Å². The van der Waals surface area contributed by atoms with E-state index >= 15 is 0 Å². The van der Waals surface area contributed by atoms with Crippen LogP contribution in [0.1, 0.15) is 41.0 Å². The third-order valence-electron chi connectivity index (χ3n) is 4.10. The molecule has 1 heterocycles. The van der Waals surface area contributed by atoms with Crippen molar-refractivity contribution in [3.63, 3.8) is 0 Å². The minimum Gasteiger partial charge on any atom is -0.395 e. The summed E-state index contributed by atoms with van der Waals surface area (Å²) in [7, 11) is -2.27. The lowest BCUT2D eigenvalue weighted by Crippen LogP contribution is -2.40. The van der Waals surface area contributed by atoms with Crippen LogP contribution in [0.5, 0.6) is 0 Å². The Morgan fingerprint density at radius 2 is 1.27 bits per heavy atom. The van der Waals surface area contributed by atoms with Crippen molar-refractivity contribution < 1.29 is 18.4 Å². The first-order valence-electron chi connectivity index (χ1n) is 8.18. The van der Waals surface area contributed by atoms with Gasteiger partial charge in [-0.15, -0.1) is 0 Å². The molecule has 0 saturated heterocycles. The molecule has 2 rings (SSSR count). The average molecular weight is 637 g/mol. The number of nitrogens with zero attached hydrogens (tertiary/aromatic N) is 1. The zero-order valence-corrected chi connectivity index (χ0v) is 22.0. The highest BCUT2D eigenvalue weighted by atomic mass is 79.9. The Balaban J connectivity index is 2.18. The second-order valence-electron chi connectivity index (χ2n) is 5.87. The lowest BCUT2D eigenvalue weighted by molar-refractivity contribution is 0.0651. The molecule has 1 aromatic carbocycles. The molecule has 5 nitrogen and oxygen atoms in total. The Kier molecular flexibility index (Phi) is 8.10. The molecule has 26 heavy (non-hydrogen) atoms. The van der Waals surface area contributed by atoms with E-state index in [1.807, 2.05) is 20.4 Å². The number of hydrogen-bond acceptors (Lipinski definition) is 4. The van der Waals surface area contributed by atoms with E-state index in [9.17, 15) is 9.59 Å². The zero-order chi connectivity index (χ0) is 19.6. The lowest BCUT2D eigenvalue weighted by Gasteiger charge is -2.26. The van der Waals surface area contributed by atoms with Gasteiger partial charge in [-0.1, -0.05) is 0 Å². The summed E-state index contributed by atoms with van der Waals surface area (Å²) >= 11 is 13.7. The molecule has 1 aromatic rings. The van der Waals surface area contributed by atoms with E-state index in [-0.39, 0.29) is 11.8 Å². The molecule has 0 aliphatic carbocycles. The summed E-state index contributed by atoms with van der Waals surface area (Å²) in [6.45, 7) is 7.43. The molecule has 10 heteroatoms. The molecular formula is C16H19Br4NO4Si. The number of carbonyl (C=O) groups excluding carboxylic acids is 2. The van der Waals surface area contributed by atoms with Gasteiger partial charge < -0.3 is 8.85 Å². The van der Waals surface area contributed by atoms with Gasteiger partial charge in [0.25, 0.3) is 11.8 Å². The number of amides is 2. The van der Waals surface area contributed by atoms with Crippen molar-refractivity contribution in [1.29, 1.82) is 0 Å². The molecule has 0 spiro atoms. The van der Waals surface area contributed by atoms with Gasteiger partial charge in [0.15, 0.2) is 0 Å². The zero-order valence-electron chi connectivity index (χ0n) is 14.6. The Bertz CT molecular complexity index is 691. The molecule has 0 saturated carbocycles. The molecule has 0 radical (unpaired) electrons. The maximum atomic E-state index is 12.8. The molecule has 0 aromatic heterocycles. The highest BCUT2D eigenvalue weighted by Gasteiger charge is 2.41. The quantitative estimate of drug-likeness (QED) is 0.155. The third-order valence-corrected chi connectivity index (χ3v) is 11.9. The largest absolute Gasteiger partial charge is 0.395 e. The van der Waals surface area contributed by atoms with Gasteiger partial charge in [-0.05, 0) is 96.6 Å². The van der Waals surface area contributed by atoms with Gasteiger partial charge in [0, 0.05) is 37.6 Å². The van der Waals surface area contributed by atoms with Crippen LogP contribution in [0, 0.1) is 0 Å². The van der Waals surface area contributed by atoms with Gasteiger partial charge in [0.2, 0.25) is 0 Å². The second kappa shape index (κ2) is 9.28. The predicted molar refractivity (Wildman–Crippen MR) is 117 cm³/mol. The van der Waals surface area contributed by atoms with Gasteiger partial charge in [-0.25, -0.2) is 0 Å². The molecule has 144 valence electrons. The molecule has 1 aliphatic rings. The molecule has 2 amide bonds. The van der Waals surface area contributed by atoms with Crippen molar-refractivity contribution >= 4 is 84.1 Å². The van der Waals surface area contributed by atoms with E-state index in [1.54, 1.807) is 0 Å². The van der Waals surface area contributed by atoms with Crippen molar-refractivity contribution in [3.05, 3.63) is 29.0 Å². The average Bonchev–Trinajstić information content (AvgIpc) is 2.83. The first kappa shape index (κ1) is 22.7. The number of carbonyl (C=O) groups is 2. The Morgan fingerprint density at radius 3 is 1.65 bits per heavy atom. The second-order valence-corrected chi connectivity index (χ2v) is 12.4. The van der Waals surface area contributed by atoms with Crippen LogP contribution in [0.15, 0.2) is 17.9 Å². The van der Waals surface area contributed by atoms with Crippen LogP contribution in [0.4, 0.5) is 0 Å². The van der Waals surface area contributed by atoms with Gasteiger partial charge in [0.1, 0.15) is 0 Å². The number of halogens is 4. The number of fused-ring (bicyclic) bond motifs is 1. The summed E-state index contributed by atoms with van der Waals surface area (Å²) < 4.78 is 14.2. The molecular weight excluding hydrogens is 618 g/mol. The highest BCUT2D eigenvalue weighted by Crippen LogP contribution is 2.45. The summed E-state index contributed by atoms with van der Waals surface area (Å²) in [6.07, 6.45) is 0.645. The molecule has 0 N–H and O–H groups in total. The van der Waals surface area contributed by atoms with Crippen LogP contribution in [0.2, 0.25) is 12.6 Å². The summed E-state index contributed by atoms with van der Waals surface area (Å²) in [6, 6.07) is 0.720. The molecule has 0 bridgehead atoms. The number of hydrogen-bond donors (Lipinski definition) is 0. The van der Waals surface area contributed by atoms with Gasteiger partial charge >= 0.3 is 8.56 Å². The first-order chi connectivity index (χ1) is 12.2. The fourth-order valence-corrected chi connectivity index (χ4v) is 7.80. The smallest absolute Gasteiger partial charge is 0.334 e. The van der Waals surface area contributed by atoms with Crippen LogP contribution in [-0.2, 0) is 8.85 Å². The van der Waals surface area contributed by atoms with E-state index in [4.69, 9.17) is 8.85 Å². The molecule has 0 atom stereocenters. The Labute approximate surface area is 187 Å². The highest BCUT2D eigenvalue weighted by molar-refractivity contribution is 9.15. The van der Waals surface area contributed by atoms with Crippen LogP contribution in [0.3, 0.4) is 0 Å². The van der Waals surface area contributed by atoms with Crippen molar-refractivity contribution in [3.8, 4) is 0 Å². The SMILES string of the molecule is CCO[Si](C)(CCCN1C(=O)c2c(Br)c(Br)c(Br)c(Br)c2C1=O)OCC. The predicted octanol–water partition coefficient (Wildman–Crippen LogP) is 5.87. The Hall–Kier alpha value is 0.417. The first-order valence-corrected chi connectivity index (χ1v) is 13.9. The van der Waals surface area contributed by atoms with Gasteiger partial charge in [0.05, 0.1) is 11.1 Å². The molecule has 0 unspecified atom stereocenters. The summed E-state index contributed by atoms with van der Waals surface area (Å²) in [4.78, 5) is 26.9. The normalized spacial score (nSPS) is 14.3. The number of rotatable bonds is 8. The van der Waals surface area contributed by atoms with Crippen LogP contribution < -0.4 is 0 Å². The number of imide groups is 1. The maximum Gasteiger partial charge on any atom is 0.334 e. The van der Waals surface area contributed by atoms with Crippen LogP contribution in [-0.4, -0.2) is 45.0 Å². The maximum absolute atomic E-state index is 12.8. The lowest BCUT2D eigenvalue weighted by atomic mass is 10.1. The Morgan fingerprint density at radius 1 is 0.846 bits per heavy atom. The van der Waals surface area contributed by atoms with E-state index in [0.717, 1.165) is 6.04 Å².